The van der Waals surface area contributed by atoms with E-state index in [-0.39, 0.29) is 5.92 Å². The van der Waals surface area contributed by atoms with Gasteiger partial charge in [-0.1, -0.05) is 37.2 Å². The first kappa shape index (κ1) is 15.2. The third kappa shape index (κ3) is 3.27. The van der Waals surface area contributed by atoms with Crippen LogP contribution in [0.5, 0.6) is 0 Å². The van der Waals surface area contributed by atoms with Gasteiger partial charge in [0.15, 0.2) is 0 Å². The molecule has 20 heavy (non-hydrogen) atoms. The van der Waals surface area contributed by atoms with Gasteiger partial charge in [-0.25, -0.2) is 18.7 Å². The Kier molecular flexibility index (Phi) is 4.60. The van der Waals surface area contributed by atoms with E-state index in [2.05, 4.69) is 9.97 Å². The van der Waals surface area contributed by atoms with Crippen LogP contribution in [-0.4, -0.2) is 9.97 Å². The first-order chi connectivity index (χ1) is 9.38. The Morgan fingerprint density at radius 1 is 1.20 bits per heavy atom. The Balaban J connectivity index is 2.42. The van der Waals surface area contributed by atoms with Crippen LogP contribution in [0.4, 0.5) is 8.78 Å². The number of nitrogens with zero attached hydrogens (tertiary/aromatic N) is 2. The molecule has 0 amide bonds. The summed E-state index contributed by atoms with van der Waals surface area (Å²) in [6, 6.07) is 3.45. The highest BCUT2D eigenvalue weighted by Crippen LogP contribution is 2.33. The summed E-state index contributed by atoms with van der Waals surface area (Å²) in [4.78, 5) is 8.90. The maximum atomic E-state index is 13.7. The van der Waals surface area contributed by atoms with Gasteiger partial charge >= 0.3 is 0 Å². The van der Waals surface area contributed by atoms with Crippen LogP contribution in [0.2, 0.25) is 5.15 Å². The van der Waals surface area contributed by atoms with Crippen molar-refractivity contribution in [1.29, 1.82) is 0 Å². The van der Waals surface area contributed by atoms with Crippen molar-refractivity contribution in [2.45, 2.75) is 36.6 Å². The Hall–Kier alpha value is -1.20. The van der Waals surface area contributed by atoms with Gasteiger partial charge in [0.25, 0.3) is 0 Å². The summed E-state index contributed by atoms with van der Waals surface area (Å²) < 4.78 is 26.6. The molecular formula is C14H13ClF2N2S. The van der Waals surface area contributed by atoms with Crippen LogP contribution in [0.3, 0.4) is 0 Å². The van der Waals surface area contributed by atoms with Crippen molar-refractivity contribution in [1.82, 2.24) is 9.97 Å². The van der Waals surface area contributed by atoms with Crippen molar-refractivity contribution in [3.8, 4) is 0 Å². The third-order valence-corrected chi connectivity index (χ3v) is 4.19. The first-order valence-corrected chi connectivity index (χ1v) is 7.25. The van der Waals surface area contributed by atoms with Crippen LogP contribution in [0.15, 0.2) is 28.1 Å². The Morgan fingerprint density at radius 3 is 2.50 bits per heavy atom. The minimum Gasteiger partial charge on any atom is -0.226 e. The molecular weight excluding hydrogens is 302 g/mol. The van der Waals surface area contributed by atoms with Crippen LogP contribution < -0.4 is 0 Å². The fourth-order valence-corrected chi connectivity index (χ4v) is 2.63. The molecule has 0 spiro atoms. The second-order valence-corrected chi connectivity index (χ2v) is 6.02. The normalized spacial score (nSPS) is 11.2. The molecule has 1 aromatic carbocycles. The van der Waals surface area contributed by atoms with E-state index in [0.29, 0.717) is 26.5 Å². The maximum Gasteiger partial charge on any atom is 0.140 e. The highest BCUT2D eigenvalue weighted by atomic mass is 35.5. The smallest absolute Gasteiger partial charge is 0.140 e. The Morgan fingerprint density at radius 2 is 1.90 bits per heavy atom. The molecule has 0 unspecified atom stereocenters. The highest BCUT2D eigenvalue weighted by molar-refractivity contribution is 7.99. The van der Waals surface area contributed by atoms with Gasteiger partial charge in [0, 0.05) is 22.4 Å². The molecule has 0 saturated carbocycles. The van der Waals surface area contributed by atoms with E-state index >= 15 is 0 Å². The summed E-state index contributed by atoms with van der Waals surface area (Å²) in [7, 11) is 0. The zero-order valence-corrected chi connectivity index (χ0v) is 12.8. The summed E-state index contributed by atoms with van der Waals surface area (Å²) in [5.41, 5.74) is 0.685. The standard InChI is InChI=1S/C14H13ClF2N2S/c1-7(2)13-18-12(15)8(3)14(19-13)20-11-5-4-9(16)6-10(11)17/h4-7H,1-3H3. The van der Waals surface area contributed by atoms with Gasteiger partial charge in [-0.15, -0.1) is 0 Å². The minimum absolute atomic E-state index is 0.116. The number of hydrogen-bond acceptors (Lipinski definition) is 3. The van der Waals surface area contributed by atoms with Gasteiger partial charge < -0.3 is 0 Å². The van der Waals surface area contributed by atoms with Crippen molar-refractivity contribution in [2.24, 2.45) is 0 Å². The average Bonchev–Trinajstić information content (AvgIpc) is 2.37. The molecule has 2 nitrogen and oxygen atoms in total. The van der Waals surface area contributed by atoms with Gasteiger partial charge in [-0.2, -0.15) is 0 Å². The van der Waals surface area contributed by atoms with Gasteiger partial charge in [0.1, 0.15) is 27.6 Å². The lowest BCUT2D eigenvalue weighted by Gasteiger charge is -2.11. The van der Waals surface area contributed by atoms with Crippen molar-refractivity contribution < 1.29 is 8.78 Å². The van der Waals surface area contributed by atoms with Crippen molar-refractivity contribution >= 4 is 23.4 Å². The van der Waals surface area contributed by atoms with E-state index < -0.39 is 11.6 Å². The summed E-state index contributed by atoms with van der Waals surface area (Å²) in [6.45, 7) is 5.68. The van der Waals surface area contributed by atoms with Crippen LogP contribution in [0, 0.1) is 18.6 Å². The average molecular weight is 315 g/mol. The van der Waals surface area contributed by atoms with E-state index in [9.17, 15) is 8.78 Å². The molecule has 0 fully saturated rings. The Bertz CT molecular complexity index is 647. The predicted octanol–water partition coefficient (Wildman–Crippen LogP) is 4.99. The van der Waals surface area contributed by atoms with Gasteiger partial charge in [0.05, 0.1) is 0 Å². The van der Waals surface area contributed by atoms with E-state index in [1.807, 2.05) is 13.8 Å². The number of aromatic nitrogens is 2. The molecule has 1 aromatic heterocycles. The molecule has 0 bridgehead atoms. The van der Waals surface area contributed by atoms with Gasteiger partial charge in [-0.05, 0) is 19.1 Å². The second-order valence-electron chi connectivity index (χ2n) is 4.63. The molecule has 2 aromatic rings. The largest absolute Gasteiger partial charge is 0.226 e. The lowest BCUT2D eigenvalue weighted by atomic mass is 10.2. The van der Waals surface area contributed by atoms with E-state index in [1.54, 1.807) is 6.92 Å². The topological polar surface area (TPSA) is 25.8 Å². The molecule has 0 saturated heterocycles. The molecule has 0 aliphatic rings. The molecule has 0 radical (unpaired) electrons. The SMILES string of the molecule is Cc1c(Cl)nc(C(C)C)nc1Sc1ccc(F)cc1F. The molecule has 0 atom stereocenters. The number of hydrogen-bond donors (Lipinski definition) is 0. The molecule has 0 aliphatic heterocycles. The van der Waals surface area contributed by atoms with Crippen molar-refractivity contribution in [3.05, 3.63) is 46.4 Å². The van der Waals surface area contributed by atoms with Gasteiger partial charge in [-0.3, -0.25) is 0 Å². The van der Waals surface area contributed by atoms with Crippen molar-refractivity contribution in [2.75, 3.05) is 0 Å². The van der Waals surface area contributed by atoms with Crippen LogP contribution >= 0.6 is 23.4 Å². The summed E-state index contributed by atoms with van der Waals surface area (Å²) in [5.74, 6) is -0.501. The monoisotopic (exact) mass is 314 g/mol. The van der Waals surface area contributed by atoms with Crippen molar-refractivity contribution in [3.63, 3.8) is 0 Å². The Labute approximate surface area is 125 Å². The fourth-order valence-electron chi connectivity index (χ4n) is 1.51. The van der Waals surface area contributed by atoms with Crippen LogP contribution in [0.1, 0.15) is 31.2 Å². The fraction of sp³-hybridized carbons (Fsp3) is 0.286. The zero-order chi connectivity index (χ0) is 14.9. The number of halogens is 3. The lowest BCUT2D eigenvalue weighted by Crippen LogP contribution is -2.01. The van der Waals surface area contributed by atoms with Crippen LogP contribution in [-0.2, 0) is 0 Å². The highest BCUT2D eigenvalue weighted by Gasteiger charge is 2.14. The summed E-state index contributed by atoms with van der Waals surface area (Å²) in [6.07, 6.45) is 0. The molecule has 2 rings (SSSR count). The van der Waals surface area contributed by atoms with E-state index in [4.69, 9.17) is 11.6 Å². The third-order valence-electron chi connectivity index (χ3n) is 2.68. The molecule has 106 valence electrons. The predicted molar refractivity (Wildman–Crippen MR) is 76.3 cm³/mol. The van der Waals surface area contributed by atoms with E-state index in [1.165, 1.54) is 12.1 Å². The number of benzene rings is 1. The van der Waals surface area contributed by atoms with E-state index in [0.717, 1.165) is 17.8 Å². The lowest BCUT2D eigenvalue weighted by molar-refractivity contribution is 0.565. The quantitative estimate of drug-likeness (QED) is 0.746. The molecule has 0 aliphatic carbocycles. The minimum atomic E-state index is -0.616. The molecule has 6 heteroatoms. The number of rotatable bonds is 3. The molecule has 1 heterocycles. The second kappa shape index (κ2) is 6.06. The van der Waals surface area contributed by atoms with Crippen LogP contribution in [0.25, 0.3) is 0 Å². The summed E-state index contributed by atoms with van der Waals surface area (Å²) in [5, 5.41) is 0.938. The van der Waals surface area contributed by atoms with Gasteiger partial charge in [0.2, 0.25) is 0 Å². The maximum absolute atomic E-state index is 13.7. The zero-order valence-electron chi connectivity index (χ0n) is 11.2. The first-order valence-electron chi connectivity index (χ1n) is 6.05. The molecule has 0 N–H and O–H groups in total. The summed E-state index contributed by atoms with van der Waals surface area (Å²) >= 11 is 7.19.